The summed E-state index contributed by atoms with van der Waals surface area (Å²) in [6, 6.07) is 10.2. The van der Waals surface area contributed by atoms with Crippen molar-refractivity contribution in [2.45, 2.75) is 50.7 Å². The fourth-order valence-corrected chi connectivity index (χ4v) is 3.42. The number of nitrogens with two attached hydrogens (primary N) is 1. The summed E-state index contributed by atoms with van der Waals surface area (Å²) >= 11 is 0. The molecule has 0 amide bonds. The molecule has 0 spiro atoms. The van der Waals surface area contributed by atoms with Crippen LogP contribution in [0.4, 0.5) is 0 Å². The lowest BCUT2D eigenvalue weighted by atomic mass is 9.91. The molecular weight excluding hydrogens is 355 g/mol. The third kappa shape index (κ3) is 4.98. The van der Waals surface area contributed by atoms with Crippen LogP contribution < -0.4 is 5.73 Å². The molecule has 1 unspecified atom stereocenters. The lowest BCUT2D eigenvalue weighted by Crippen LogP contribution is -2.27. The molecule has 140 valence electrons. The number of rotatable bonds is 4. The van der Waals surface area contributed by atoms with Crippen LogP contribution in [0.3, 0.4) is 0 Å². The minimum atomic E-state index is 0. The molecule has 1 aliphatic rings. The van der Waals surface area contributed by atoms with Gasteiger partial charge in [0.1, 0.15) is 5.82 Å². The number of aromatic nitrogens is 2. The van der Waals surface area contributed by atoms with Crippen LogP contribution in [0, 0.1) is 0 Å². The molecule has 2 N–H and O–H groups in total. The van der Waals surface area contributed by atoms with Gasteiger partial charge in [-0.05, 0) is 52.3 Å². The molecule has 1 aliphatic carbocycles. The molecule has 4 nitrogen and oxygen atoms in total. The average molecular weight is 385 g/mol. The molecule has 1 atom stereocenters. The zero-order chi connectivity index (χ0) is 16.4. The summed E-state index contributed by atoms with van der Waals surface area (Å²) in [6.07, 6.45) is 8.57. The van der Waals surface area contributed by atoms with Crippen molar-refractivity contribution in [3.63, 3.8) is 0 Å². The number of nitrogens with zero attached hydrogens (tertiary/aromatic N) is 3. The normalized spacial score (nSPS) is 21.3. The van der Waals surface area contributed by atoms with Gasteiger partial charge in [0.05, 0.1) is 0 Å². The molecule has 0 bridgehead atoms. The Morgan fingerprint density at radius 1 is 1.08 bits per heavy atom. The molecule has 1 heterocycles. The molecule has 1 aromatic carbocycles. The van der Waals surface area contributed by atoms with Crippen LogP contribution in [0.5, 0.6) is 0 Å². The standard InChI is InChI=1S/C19H28N4.2ClH/c1-14(22(2)3)15-4-6-16(7-5-15)19-21-12-13-23(19)18-10-8-17(20)9-11-18;;/h4-7,12-14,17-18H,8-11,20H2,1-3H3;2*1H. The van der Waals surface area contributed by atoms with Crippen molar-refractivity contribution >= 4 is 24.8 Å². The zero-order valence-corrected chi connectivity index (χ0v) is 16.9. The van der Waals surface area contributed by atoms with E-state index in [0.717, 1.165) is 31.5 Å². The molecule has 0 saturated heterocycles. The fraction of sp³-hybridized carbons (Fsp3) is 0.526. The van der Waals surface area contributed by atoms with Crippen molar-refractivity contribution in [2.75, 3.05) is 14.1 Å². The van der Waals surface area contributed by atoms with E-state index in [1.165, 1.54) is 11.1 Å². The summed E-state index contributed by atoms with van der Waals surface area (Å²) in [5.74, 6) is 1.08. The van der Waals surface area contributed by atoms with Crippen LogP contribution in [0.2, 0.25) is 0 Å². The highest BCUT2D eigenvalue weighted by Gasteiger charge is 2.22. The van der Waals surface area contributed by atoms with Crippen molar-refractivity contribution < 1.29 is 0 Å². The highest BCUT2D eigenvalue weighted by atomic mass is 35.5. The van der Waals surface area contributed by atoms with Gasteiger partial charge in [-0.1, -0.05) is 24.3 Å². The Hall–Kier alpha value is -1.07. The molecule has 1 saturated carbocycles. The summed E-state index contributed by atoms with van der Waals surface area (Å²) < 4.78 is 2.34. The van der Waals surface area contributed by atoms with Crippen LogP contribution in [-0.2, 0) is 0 Å². The second-order valence-electron chi connectivity index (χ2n) is 6.99. The average Bonchev–Trinajstić information content (AvgIpc) is 3.04. The first kappa shape index (κ1) is 22.0. The van der Waals surface area contributed by atoms with Gasteiger partial charge in [0.2, 0.25) is 0 Å². The molecule has 2 aromatic rings. The van der Waals surface area contributed by atoms with Gasteiger partial charge in [0.15, 0.2) is 0 Å². The number of hydrogen-bond acceptors (Lipinski definition) is 3. The Kier molecular flexibility index (Phi) is 8.42. The summed E-state index contributed by atoms with van der Waals surface area (Å²) in [7, 11) is 4.22. The first-order valence-electron chi connectivity index (χ1n) is 8.61. The zero-order valence-electron chi connectivity index (χ0n) is 15.3. The first-order chi connectivity index (χ1) is 11.1. The van der Waals surface area contributed by atoms with Gasteiger partial charge in [-0.3, -0.25) is 0 Å². The summed E-state index contributed by atoms with van der Waals surface area (Å²) in [5, 5.41) is 0. The monoisotopic (exact) mass is 384 g/mol. The molecule has 6 heteroatoms. The first-order valence-corrected chi connectivity index (χ1v) is 8.61. The highest BCUT2D eigenvalue weighted by Crippen LogP contribution is 2.32. The highest BCUT2D eigenvalue weighted by molar-refractivity contribution is 5.85. The van der Waals surface area contributed by atoms with Crippen molar-refractivity contribution in [1.29, 1.82) is 0 Å². The van der Waals surface area contributed by atoms with Crippen molar-refractivity contribution in [3.8, 4) is 11.4 Å². The molecule has 25 heavy (non-hydrogen) atoms. The summed E-state index contributed by atoms with van der Waals surface area (Å²) in [5.41, 5.74) is 8.57. The quantitative estimate of drug-likeness (QED) is 0.845. The Morgan fingerprint density at radius 3 is 2.24 bits per heavy atom. The maximum atomic E-state index is 6.04. The van der Waals surface area contributed by atoms with Crippen LogP contribution in [0.1, 0.15) is 50.3 Å². The SMILES string of the molecule is CC(c1ccc(-c2nccn2C2CCC(N)CC2)cc1)N(C)C.Cl.Cl. The molecule has 1 aromatic heterocycles. The Bertz CT molecular complexity index is 631. The lowest BCUT2D eigenvalue weighted by Gasteiger charge is -2.28. The maximum Gasteiger partial charge on any atom is 0.140 e. The third-order valence-electron chi connectivity index (χ3n) is 5.23. The molecule has 1 fully saturated rings. The molecule has 3 rings (SSSR count). The van der Waals surface area contributed by atoms with Gasteiger partial charge in [0.25, 0.3) is 0 Å². The summed E-state index contributed by atoms with van der Waals surface area (Å²) in [4.78, 5) is 6.84. The number of imidazole rings is 1. The van der Waals surface area contributed by atoms with Crippen LogP contribution in [-0.4, -0.2) is 34.6 Å². The van der Waals surface area contributed by atoms with Crippen molar-refractivity contribution in [2.24, 2.45) is 5.73 Å². The Morgan fingerprint density at radius 2 is 1.68 bits per heavy atom. The van der Waals surface area contributed by atoms with E-state index < -0.39 is 0 Å². The molecular formula is C19H30Cl2N4. The summed E-state index contributed by atoms with van der Waals surface area (Å²) in [6.45, 7) is 2.22. The van der Waals surface area contributed by atoms with Gasteiger partial charge < -0.3 is 15.2 Å². The second kappa shape index (κ2) is 9.58. The van der Waals surface area contributed by atoms with E-state index in [4.69, 9.17) is 5.73 Å². The smallest absolute Gasteiger partial charge is 0.140 e. The van der Waals surface area contributed by atoms with Gasteiger partial charge >= 0.3 is 0 Å². The fourth-order valence-electron chi connectivity index (χ4n) is 3.42. The minimum Gasteiger partial charge on any atom is -0.328 e. The van der Waals surface area contributed by atoms with Gasteiger partial charge in [-0.25, -0.2) is 4.98 Å². The predicted molar refractivity (Wildman–Crippen MR) is 110 cm³/mol. The molecule has 0 radical (unpaired) electrons. The van der Waals surface area contributed by atoms with E-state index in [1.54, 1.807) is 0 Å². The predicted octanol–water partition coefficient (Wildman–Crippen LogP) is 4.46. The van der Waals surface area contributed by atoms with Gasteiger partial charge in [0, 0.05) is 36.1 Å². The van der Waals surface area contributed by atoms with E-state index >= 15 is 0 Å². The van der Waals surface area contributed by atoms with E-state index in [1.807, 2.05) is 6.20 Å². The second-order valence-corrected chi connectivity index (χ2v) is 6.99. The number of halogens is 2. The third-order valence-corrected chi connectivity index (χ3v) is 5.23. The van der Waals surface area contributed by atoms with Crippen LogP contribution >= 0.6 is 24.8 Å². The van der Waals surface area contributed by atoms with E-state index in [9.17, 15) is 0 Å². The molecule has 0 aliphatic heterocycles. The number of hydrogen-bond donors (Lipinski definition) is 1. The topological polar surface area (TPSA) is 47.1 Å². The van der Waals surface area contributed by atoms with Crippen LogP contribution in [0.15, 0.2) is 36.7 Å². The maximum absolute atomic E-state index is 6.04. The number of benzene rings is 1. The Labute approximate surface area is 163 Å². The van der Waals surface area contributed by atoms with Crippen molar-refractivity contribution in [1.82, 2.24) is 14.5 Å². The Balaban J connectivity index is 0.00000156. The van der Waals surface area contributed by atoms with Crippen molar-refractivity contribution in [3.05, 3.63) is 42.2 Å². The van der Waals surface area contributed by atoms with Gasteiger partial charge in [-0.2, -0.15) is 0 Å². The lowest BCUT2D eigenvalue weighted by molar-refractivity contribution is 0.321. The largest absolute Gasteiger partial charge is 0.328 e. The van der Waals surface area contributed by atoms with E-state index in [2.05, 4.69) is 65.9 Å². The minimum absolute atomic E-state index is 0. The van der Waals surface area contributed by atoms with E-state index in [0.29, 0.717) is 18.1 Å². The van der Waals surface area contributed by atoms with E-state index in [-0.39, 0.29) is 24.8 Å². The van der Waals surface area contributed by atoms with Gasteiger partial charge in [-0.15, -0.1) is 24.8 Å². The van der Waals surface area contributed by atoms with Crippen LogP contribution in [0.25, 0.3) is 11.4 Å².